The Morgan fingerprint density at radius 2 is 2.14 bits per heavy atom. The number of nitrogens with zero attached hydrogens (tertiary/aromatic N) is 1. The highest BCUT2D eigenvalue weighted by atomic mass is 16.7. The third-order valence-corrected chi connectivity index (χ3v) is 3.63. The second-order valence-electron chi connectivity index (χ2n) is 5.14. The van der Waals surface area contributed by atoms with Gasteiger partial charge in [-0.15, -0.1) is 5.06 Å². The number of fused-ring (bicyclic) bond motifs is 1. The Hall–Kier alpha value is -1.92. The largest absolute Gasteiger partial charge is 0.381 e. The molecule has 0 N–H and O–H groups in total. The van der Waals surface area contributed by atoms with E-state index in [0.29, 0.717) is 25.4 Å². The maximum absolute atomic E-state index is 12.4. The highest BCUT2D eigenvalue weighted by Crippen LogP contribution is 2.20. The van der Waals surface area contributed by atoms with E-state index < -0.39 is 5.97 Å². The van der Waals surface area contributed by atoms with Crippen molar-refractivity contribution in [3.63, 3.8) is 0 Å². The minimum absolute atomic E-state index is 0.0627. The average Bonchev–Trinajstić information content (AvgIpc) is 2.69. The summed E-state index contributed by atoms with van der Waals surface area (Å²) in [6.45, 7) is 1.27. The van der Waals surface area contributed by atoms with Crippen molar-refractivity contribution in [3.05, 3.63) is 35.4 Å². The molecule has 0 radical (unpaired) electrons. The van der Waals surface area contributed by atoms with Gasteiger partial charge in [0.2, 0.25) is 0 Å². The van der Waals surface area contributed by atoms with Gasteiger partial charge in [-0.2, -0.15) is 0 Å². The number of rotatable bonds is 2. The number of hydroxylamine groups is 2. The van der Waals surface area contributed by atoms with Crippen LogP contribution in [0.4, 0.5) is 0 Å². The van der Waals surface area contributed by atoms with Gasteiger partial charge in [-0.25, -0.2) is 4.79 Å². The van der Waals surface area contributed by atoms with E-state index in [4.69, 9.17) is 14.3 Å². The lowest BCUT2D eigenvalue weighted by molar-refractivity contribution is -0.202. The molecular formula is C15H17NO5. The lowest BCUT2D eigenvalue weighted by atomic mass is 10.0. The van der Waals surface area contributed by atoms with Crippen LogP contribution < -0.4 is 0 Å². The van der Waals surface area contributed by atoms with Gasteiger partial charge in [-0.05, 0) is 24.5 Å². The van der Waals surface area contributed by atoms with Gasteiger partial charge in [0.1, 0.15) is 0 Å². The zero-order valence-electron chi connectivity index (χ0n) is 11.6. The summed E-state index contributed by atoms with van der Waals surface area (Å²) < 4.78 is 10.7. The van der Waals surface area contributed by atoms with E-state index in [0.717, 1.165) is 23.5 Å². The fraction of sp³-hybridized carbons (Fsp3) is 0.467. The predicted octanol–water partition coefficient (Wildman–Crippen LogP) is 1.50. The number of benzene rings is 1. The molecular weight excluding hydrogens is 274 g/mol. The first kappa shape index (κ1) is 14.0. The quantitative estimate of drug-likeness (QED) is 0.826. The molecule has 0 bridgehead atoms. The third-order valence-electron chi connectivity index (χ3n) is 3.63. The Labute approximate surface area is 122 Å². The monoisotopic (exact) mass is 291 g/mol. The lowest BCUT2D eigenvalue weighted by Gasteiger charge is -2.24. The summed E-state index contributed by atoms with van der Waals surface area (Å²) in [5.41, 5.74) is 1.30. The van der Waals surface area contributed by atoms with Crippen LogP contribution in [0.1, 0.15) is 28.8 Å². The minimum Gasteiger partial charge on any atom is -0.381 e. The Morgan fingerprint density at radius 3 is 2.95 bits per heavy atom. The smallest absolute Gasteiger partial charge is 0.338 e. The summed E-state index contributed by atoms with van der Waals surface area (Å²) in [6, 6.07) is 7.15. The number of ether oxygens (including phenoxy) is 2. The molecule has 2 aliphatic heterocycles. The van der Waals surface area contributed by atoms with E-state index in [1.165, 1.54) is 0 Å². The molecule has 1 unspecified atom stereocenters. The molecule has 1 atom stereocenters. The molecule has 1 fully saturated rings. The van der Waals surface area contributed by atoms with Crippen molar-refractivity contribution in [2.75, 3.05) is 19.9 Å². The van der Waals surface area contributed by atoms with E-state index in [1.807, 2.05) is 12.1 Å². The molecule has 0 aromatic heterocycles. The highest BCUT2D eigenvalue weighted by Gasteiger charge is 2.30. The van der Waals surface area contributed by atoms with Gasteiger partial charge in [0.05, 0.1) is 19.1 Å². The lowest BCUT2D eigenvalue weighted by Crippen LogP contribution is -2.38. The number of hydrogen-bond donors (Lipinski definition) is 0. The van der Waals surface area contributed by atoms with Crippen LogP contribution in [0.25, 0.3) is 0 Å². The summed E-state index contributed by atoms with van der Waals surface area (Å²) >= 11 is 0. The van der Waals surface area contributed by atoms with Gasteiger partial charge in [0.15, 0.2) is 6.73 Å². The average molecular weight is 291 g/mol. The maximum atomic E-state index is 12.4. The first-order valence-corrected chi connectivity index (χ1v) is 7.03. The zero-order valence-corrected chi connectivity index (χ0v) is 11.6. The van der Waals surface area contributed by atoms with Gasteiger partial charge in [-0.1, -0.05) is 18.2 Å². The molecule has 6 nitrogen and oxygen atoms in total. The van der Waals surface area contributed by atoms with Crippen LogP contribution >= 0.6 is 0 Å². The van der Waals surface area contributed by atoms with Gasteiger partial charge < -0.3 is 14.3 Å². The first-order chi connectivity index (χ1) is 10.3. The molecule has 112 valence electrons. The number of hydrogen-bond acceptors (Lipinski definition) is 5. The van der Waals surface area contributed by atoms with Crippen LogP contribution in [0, 0.1) is 5.92 Å². The van der Waals surface area contributed by atoms with E-state index >= 15 is 0 Å². The van der Waals surface area contributed by atoms with Crippen LogP contribution in [0.3, 0.4) is 0 Å². The van der Waals surface area contributed by atoms with Crippen LogP contribution in [0.5, 0.6) is 0 Å². The highest BCUT2D eigenvalue weighted by molar-refractivity contribution is 5.95. The minimum atomic E-state index is -0.439. The Bertz CT molecular complexity index is 539. The Kier molecular flexibility index (Phi) is 4.17. The zero-order chi connectivity index (χ0) is 14.7. The molecule has 6 heteroatoms. The molecule has 21 heavy (non-hydrogen) atoms. The van der Waals surface area contributed by atoms with Crippen molar-refractivity contribution >= 4 is 11.9 Å². The fourth-order valence-corrected chi connectivity index (χ4v) is 2.46. The first-order valence-electron chi connectivity index (χ1n) is 7.03. The van der Waals surface area contributed by atoms with E-state index in [1.54, 1.807) is 12.1 Å². The van der Waals surface area contributed by atoms with Crippen molar-refractivity contribution in [1.82, 2.24) is 5.06 Å². The van der Waals surface area contributed by atoms with Crippen molar-refractivity contribution in [2.24, 2.45) is 5.92 Å². The molecule has 0 saturated carbocycles. The second kappa shape index (κ2) is 6.24. The Balaban J connectivity index is 1.70. The standard InChI is InChI=1S/C15H17NO5/c17-14-13-6-2-1-4-11(13)8-20-10-16(14)21-15(18)12-5-3-7-19-9-12/h1-2,4,6,12H,3,5,7-10H2. The number of amides is 1. The topological polar surface area (TPSA) is 65.1 Å². The molecule has 3 rings (SSSR count). The van der Waals surface area contributed by atoms with Gasteiger partial charge >= 0.3 is 5.97 Å². The summed E-state index contributed by atoms with van der Waals surface area (Å²) in [6.07, 6.45) is 1.55. The molecule has 1 aromatic carbocycles. The number of carbonyl (C=O) groups excluding carboxylic acids is 2. The van der Waals surface area contributed by atoms with Gasteiger partial charge in [-0.3, -0.25) is 4.79 Å². The van der Waals surface area contributed by atoms with E-state index in [9.17, 15) is 9.59 Å². The van der Waals surface area contributed by atoms with E-state index in [-0.39, 0.29) is 18.6 Å². The molecule has 2 aliphatic rings. The van der Waals surface area contributed by atoms with E-state index in [2.05, 4.69) is 0 Å². The van der Waals surface area contributed by atoms with Crippen LogP contribution in [0.2, 0.25) is 0 Å². The van der Waals surface area contributed by atoms with Crippen LogP contribution in [-0.2, 0) is 25.7 Å². The molecule has 2 heterocycles. The predicted molar refractivity (Wildman–Crippen MR) is 71.9 cm³/mol. The summed E-state index contributed by atoms with van der Waals surface area (Å²) in [7, 11) is 0. The molecule has 1 saturated heterocycles. The van der Waals surface area contributed by atoms with Crippen molar-refractivity contribution in [1.29, 1.82) is 0 Å². The van der Waals surface area contributed by atoms with Crippen LogP contribution in [0.15, 0.2) is 24.3 Å². The normalized spacial score (nSPS) is 22.4. The van der Waals surface area contributed by atoms with Crippen molar-refractivity contribution in [3.8, 4) is 0 Å². The molecule has 1 amide bonds. The Morgan fingerprint density at radius 1 is 1.29 bits per heavy atom. The second-order valence-corrected chi connectivity index (χ2v) is 5.14. The SMILES string of the molecule is O=C(ON1COCc2ccccc2C1=O)C1CCCOC1. The number of carbonyl (C=O) groups is 2. The fourth-order valence-electron chi connectivity index (χ4n) is 2.46. The molecule has 0 spiro atoms. The van der Waals surface area contributed by atoms with Crippen molar-refractivity contribution < 1.29 is 23.9 Å². The van der Waals surface area contributed by atoms with Gasteiger partial charge in [0.25, 0.3) is 5.91 Å². The van der Waals surface area contributed by atoms with Crippen LogP contribution in [-0.4, -0.2) is 36.9 Å². The van der Waals surface area contributed by atoms with Gasteiger partial charge in [0, 0.05) is 12.2 Å². The summed E-state index contributed by atoms with van der Waals surface area (Å²) in [5.74, 6) is -1.11. The maximum Gasteiger partial charge on any atom is 0.338 e. The summed E-state index contributed by atoms with van der Waals surface area (Å²) in [4.78, 5) is 29.7. The summed E-state index contributed by atoms with van der Waals surface area (Å²) in [5, 5.41) is 0.989. The third kappa shape index (κ3) is 3.06. The molecule has 0 aliphatic carbocycles. The molecule has 1 aromatic rings. The van der Waals surface area contributed by atoms with Crippen molar-refractivity contribution in [2.45, 2.75) is 19.4 Å².